The van der Waals surface area contributed by atoms with Crippen molar-refractivity contribution < 1.29 is 22.7 Å². The molecule has 2 heterocycles. The molecule has 4 rings (SSSR count). The molecular formula is C24H21F3N4O2. The van der Waals surface area contributed by atoms with E-state index in [1.165, 1.54) is 13.2 Å². The summed E-state index contributed by atoms with van der Waals surface area (Å²) in [6.45, 7) is 3.93. The smallest absolute Gasteiger partial charge is 0.416 e. The lowest BCUT2D eigenvalue weighted by atomic mass is 10.0. The Morgan fingerprint density at radius 3 is 2.61 bits per heavy atom. The van der Waals surface area contributed by atoms with Gasteiger partial charge < -0.3 is 10.1 Å². The Labute approximate surface area is 187 Å². The van der Waals surface area contributed by atoms with Crippen molar-refractivity contribution in [2.45, 2.75) is 26.4 Å². The fourth-order valence-corrected chi connectivity index (χ4v) is 3.57. The second kappa shape index (κ2) is 8.57. The number of benzene rings is 2. The Balaban J connectivity index is 1.65. The number of aromatic amines is 1. The van der Waals surface area contributed by atoms with Crippen molar-refractivity contribution in [2.75, 3.05) is 12.4 Å². The maximum atomic E-state index is 13.2. The first-order chi connectivity index (χ1) is 15.7. The van der Waals surface area contributed by atoms with E-state index in [0.29, 0.717) is 17.0 Å². The largest absolute Gasteiger partial charge is 0.497 e. The number of aromatic nitrogens is 3. The molecule has 0 spiro atoms. The van der Waals surface area contributed by atoms with Gasteiger partial charge in [-0.15, -0.1) is 0 Å². The molecule has 0 saturated carbocycles. The first-order valence-electron chi connectivity index (χ1n) is 10.2. The second-order valence-corrected chi connectivity index (χ2v) is 7.55. The van der Waals surface area contributed by atoms with Gasteiger partial charge in [0.1, 0.15) is 5.75 Å². The Bertz CT molecular complexity index is 1350. The zero-order valence-corrected chi connectivity index (χ0v) is 18.2. The number of amides is 1. The van der Waals surface area contributed by atoms with Gasteiger partial charge in [-0.1, -0.05) is 13.0 Å². The number of carbonyl (C=O) groups is 1. The standard InChI is InChI=1S/C24H21F3N4O2/c1-4-20-18-7-8-21(29-22(18)31-30-20)19-12-16(6-5-13(19)2)28-23(32)14-9-15(24(25,26)27)11-17(10-14)33-3/h5-12H,4H2,1-3H3,(H,28,32)(H,29,30,31). The highest BCUT2D eigenvalue weighted by Crippen LogP contribution is 2.33. The number of alkyl halides is 3. The summed E-state index contributed by atoms with van der Waals surface area (Å²) in [6, 6.07) is 12.0. The van der Waals surface area contributed by atoms with E-state index < -0.39 is 17.6 Å². The van der Waals surface area contributed by atoms with Gasteiger partial charge >= 0.3 is 6.18 Å². The third kappa shape index (κ3) is 4.52. The molecular weight excluding hydrogens is 433 g/mol. The molecule has 0 aliphatic heterocycles. The minimum atomic E-state index is -4.60. The third-order valence-electron chi connectivity index (χ3n) is 5.34. The van der Waals surface area contributed by atoms with Gasteiger partial charge in [-0.2, -0.15) is 18.3 Å². The van der Waals surface area contributed by atoms with Crippen molar-refractivity contribution in [2.24, 2.45) is 0 Å². The van der Waals surface area contributed by atoms with E-state index in [1.54, 1.807) is 12.1 Å². The van der Waals surface area contributed by atoms with Crippen LogP contribution in [0.2, 0.25) is 0 Å². The van der Waals surface area contributed by atoms with Crippen LogP contribution < -0.4 is 10.1 Å². The van der Waals surface area contributed by atoms with E-state index >= 15 is 0 Å². The Kier molecular flexibility index (Phi) is 5.80. The van der Waals surface area contributed by atoms with Crippen molar-refractivity contribution in [3.63, 3.8) is 0 Å². The van der Waals surface area contributed by atoms with Crippen LogP contribution in [0.15, 0.2) is 48.5 Å². The summed E-state index contributed by atoms with van der Waals surface area (Å²) in [7, 11) is 1.25. The zero-order chi connectivity index (χ0) is 23.8. The molecule has 0 aliphatic carbocycles. The summed E-state index contributed by atoms with van der Waals surface area (Å²) in [5.74, 6) is -0.734. The number of H-pyrrole nitrogens is 1. The molecule has 0 bridgehead atoms. The lowest BCUT2D eigenvalue weighted by Gasteiger charge is -2.13. The Hall–Kier alpha value is -3.88. The van der Waals surface area contributed by atoms with Gasteiger partial charge in [0.25, 0.3) is 5.91 Å². The topological polar surface area (TPSA) is 79.9 Å². The Morgan fingerprint density at radius 2 is 1.91 bits per heavy atom. The molecule has 2 aromatic carbocycles. The van der Waals surface area contributed by atoms with E-state index in [4.69, 9.17) is 4.74 Å². The number of aryl methyl sites for hydroxylation is 2. The molecule has 4 aromatic rings. The number of hydrogen-bond acceptors (Lipinski definition) is 4. The molecule has 0 aliphatic rings. The minimum absolute atomic E-state index is 0.0527. The molecule has 0 radical (unpaired) electrons. The van der Waals surface area contributed by atoms with Crippen LogP contribution in [-0.2, 0) is 12.6 Å². The summed E-state index contributed by atoms with van der Waals surface area (Å²) in [6.07, 6.45) is -3.82. The number of pyridine rings is 1. The number of methoxy groups -OCH3 is 1. The molecule has 170 valence electrons. The molecule has 2 N–H and O–H groups in total. The zero-order valence-electron chi connectivity index (χ0n) is 18.2. The predicted molar refractivity (Wildman–Crippen MR) is 119 cm³/mol. The second-order valence-electron chi connectivity index (χ2n) is 7.55. The van der Waals surface area contributed by atoms with Crippen LogP contribution in [0.25, 0.3) is 22.3 Å². The van der Waals surface area contributed by atoms with Crippen molar-refractivity contribution in [3.05, 3.63) is 70.9 Å². The van der Waals surface area contributed by atoms with Crippen LogP contribution in [0.1, 0.15) is 34.1 Å². The molecule has 1 amide bonds. The van der Waals surface area contributed by atoms with Gasteiger partial charge in [0.2, 0.25) is 0 Å². The lowest BCUT2D eigenvalue weighted by molar-refractivity contribution is -0.137. The van der Waals surface area contributed by atoms with Crippen molar-refractivity contribution >= 4 is 22.6 Å². The maximum Gasteiger partial charge on any atom is 0.416 e. The van der Waals surface area contributed by atoms with Crippen LogP contribution in [0.5, 0.6) is 5.75 Å². The minimum Gasteiger partial charge on any atom is -0.497 e. The fourth-order valence-electron chi connectivity index (χ4n) is 3.57. The van der Waals surface area contributed by atoms with Gasteiger partial charge in [0.05, 0.1) is 24.1 Å². The number of nitrogens with one attached hydrogen (secondary N) is 2. The monoisotopic (exact) mass is 454 g/mol. The number of hydrogen-bond donors (Lipinski definition) is 2. The summed E-state index contributed by atoms with van der Waals surface area (Å²) >= 11 is 0. The molecule has 2 aromatic heterocycles. The number of ether oxygens (including phenoxy) is 1. The van der Waals surface area contributed by atoms with Crippen molar-refractivity contribution in [1.82, 2.24) is 15.2 Å². The quantitative estimate of drug-likeness (QED) is 0.401. The Morgan fingerprint density at radius 1 is 1.12 bits per heavy atom. The van der Waals surface area contributed by atoms with Crippen LogP contribution in [-0.4, -0.2) is 28.2 Å². The van der Waals surface area contributed by atoms with E-state index in [1.807, 2.05) is 32.0 Å². The van der Waals surface area contributed by atoms with Gasteiger partial charge in [-0.25, -0.2) is 4.98 Å². The van der Waals surface area contributed by atoms with Crippen molar-refractivity contribution in [1.29, 1.82) is 0 Å². The molecule has 0 fully saturated rings. The first-order valence-corrected chi connectivity index (χ1v) is 10.2. The number of nitrogens with zero attached hydrogens (tertiary/aromatic N) is 2. The summed E-state index contributed by atoms with van der Waals surface area (Å²) in [4.78, 5) is 17.4. The number of fused-ring (bicyclic) bond motifs is 1. The number of halogens is 3. The predicted octanol–water partition coefficient (Wildman–Crippen LogP) is 5.78. The normalized spacial score (nSPS) is 11.6. The van der Waals surface area contributed by atoms with Crippen LogP contribution in [0.3, 0.4) is 0 Å². The summed E-state index contributed by atoms with van der Waals surface area (Å²) in [5, 5.41) is 10.8. The highest BCUT2D eigenvalue weighted by atomic mass is 19.4. The molecule has 0 saturated heterocycles. The van der Waals surface area contributed by atoms with Crippen LogP contribution >= 0.6 is 0 Å². The number of anilines is 1. The number of rotatable bonds is 5. The highest BCUT2D eigenvalue weighted by molar-refractivity contribution is 6.05. The van der Waals surface area contributed by atoms with Gasteiger partial charge in [-0.05, 0) is 61.4 Å². The number of carbonyl (C=O) groups excluding carboxylic acids is 1. The van der Waals surface area contributed by atoms with E-state index in [9.17, 15) is 18.0 Å². The third-order valence-corrected chi connectivity index (χ3v) is 5.34. The van der Waals surface area contributed by atoms with Crippen LogP contribution in [0, 0.1) is 6.92 Å². The maximum absolute atomic E-state index is 13.2. The summed E-state index contributed by atoms with van der Waals surface area (Å²) < 4.78 is 44.5. The van der Waals surface area contributed by atoms with Crippen LogP contribution in [0.4, 0.5) is 18.9 Å². The molecule has 9 heteroatoms. The fraction of sp³-hybridized carbons (Fsp3) is 0.208. The highest BCUT2D eigenvalue weighted by Gasteiger charge is 2.32. The average Bonchev–Trinajstić information content (AvgIpc) is 3.21. The molecule has 0 atom stereocenters. The average molecular weight is 454 g/mol. The van der Waals surface area contributed by atoms with Gasteiger partial charge in [-0.3, -0.25) is 9.89 Å². The summed E-state index contributed by atoms with van der Waals surface area (Å²) in [5.41, 5.74) is 3.29. The lowest BCUT2D eigenvalue weighted by Crippen LogP contribution is -2.14. The van der Waals surface area contributed by atoms with E-state index in [-0.39, 0.29) is 11.3 Å². The molecule has 0 unspecified atom stereocenters. The van der Waals surface area contributed by atoms with E-state index in [2.05, 4.69) is 20.5 Å². The SMILES string of the molecule is CCc1n[nH]c2nc(-c3cc(NC(=O)c4cc(OC)cc(C(F)(F)F)c4)ccc3C)ccc12. The van der Waals surface area contributed by atoms with E-state index in [0.717, 1.165) is 40.8 Å². The van der Waals surface area contributed by atoms with Crippen molar-refractivity contribution in [3.8, 4) is 17.0 Å². The van der Waals surface area contributed by atoms with Gasteiger partial charge in [0.15, 0.2) is 5.65 Å². The van der Waals surface area contributed by atoms with Gasteiger partial charge in [0, 0.05) is 22.2 Å². The molecule has 33 heavy (non-hydrogen) atoms. The molecule has 6 nitrogen and oxygen atoms in total. The first kappa shape index (κ1) is 22.3.